The van der Waals surface area contributed by atoms with Crippen LogP contribution in [0, 0.1) is 0 Å². The minimum absolute atomic E-state index is 0.412. The van der Waals surface area contributed by atoms with E-state index in [0.717, 1.165) is 6.42 Å². The number of rotatable bonds is 1. The Balaban J connectivity index is 2.54. The topological polar surface area (TPSA) is 26.0 Å². The maximum Gasteiger partial charge on any atom is 0.0303 e. The van der Waals surface area contributed by atoms with Crippen LogP contribution in [0.15, 0.2) is 0 Å². The van der Waals surface area contributed by atoms with E-state index in [2.05, 4.69) is 6.92 Å². The molecule has 0 amide bonds. The van der Waals surface area contributed by atoms with Crippen molar-refractivity contribution in [3.05, 3.63) is 0 Å². The molecule has 0 fully saturated rings. The molecule has 0 aliphatic carbocycles. The maximum atomic E-state index is 5.30. The zero-order valence-corrected chi connectivity index (χ0v) is 4.98. The maximum absolute atomic E-state index is 5.30. The van der Waals surface area contributed by atoms with E-state index in [1.165, 1.54) is 0 Å². The highest BCUT2D eigenvalue weighted by atomic mass is 28.1. The highest BCUT2D eigenvalue weighted by molar-refractivity contribution is 6.11. The summed E-state index contributed by atoms with van der Waals surface area (Å²) in [6.07, 6.45) is 1.10. The third-order valence-corrected chi connectivity index (χ3v) is 1.10. The van der Waals surface area contributed by atoms with Crippen LogP contribution >= 0.6 is 0 Å². The first-order chi connectivity index (χ1) is 2.27. The van der Waals surface area contributed by atoms with Crippen molar-refractivity contribution >= 4 is 10.2 Å². The van der Waals surface area contributed by atoms with Gasteiger partial charge in [0.15, 0.2) is 0 Å². The molecule has 0 rings (SSSR count). The lowest BCUT2D eigenvalue weighted by molar-refractivity contribution is 0.856. The van der Waals surface area contributed by atoms with Crippen molar-refractivity contribution in [1.29, 1.82) is 0 Å². The molecule has 1 unspecified atom stereocenters. The van der Waals surface area contributed by atoms with Crippen molar-refractivity contribution in [3.63, 3.8) is 0 Å². The predicted octanol–water partition coefficient (Wildman–Crippen LogP) is -0.686. The van der Waals surface area contributed by atoms with Gasteiger partial charge in [0.2, 0.25) is 0 Å². The van der Waals surface area contributed by atoms with E-state index in [4.69, 9.17) is 5.73 Å². The Morgan fingerprint density at radius 3 is 2.20 bits per heavy atom. The Bertz CT molecular complexity index is 20.9. The fourth-order valence-electron chi connectivity index (χ4n) is 0. The molecular formula is C3H10NSi. The molecular weight excluding hydrogens is 78.1 g/mol. The normalized spacial score (nSPS) is 15.0. The van der Waals surface area contributed by atoms with Crippen molar-refractivity contribution in [1.82, 2.24) is 0 Å². The first kappa shape index (κ1) is 5.18. The van der Waals surface area contributed by atoms with Gasteiger partial charge in [-0.2, -0.15) is 0 Å². The summed E-state index contributed by atoms with van der Waals surface area (Å²) in [5.74, 6) is 0. The van der Waals surface area contributed by atoms with Crippen molar-refractivity contribution in [3.8, 4) is 0 Å². The van der Waals surface area contributed by atoms with Crippen molar-refractivity contribution in [2.45, 2.75) is 19.0 Å². The Hall–Kier alpha value is 0.177. The largest absolute Gasteiger partial charge is 0.331 e. The van der Waals surface area contributed by atoms with Gasteiger partial charge in [0.1, 0.15) is 0 Å². The third-order valence-electron chi connectivity index (χ3n) is 0.524. The first-order valence-electron chi connectivity index (χ1n) is 1.86. The summed E-state index contributed by atoms with van der Waals surface area (Å²) in [5, 5.41) is 0. The molecule has 0 aliphatic heterocycles. The zero-order valence-electron chi connectivity index (χ0n) is 3.57. The fraction of sp³-hybridized carbons (Fsp3) is 1.00. The molecule has 1 radical (unpaired) electrons. The van der Waals surface area contributed by atoms with Crippen LogP contribution in [-0.4, -0.2) is 15.9 Å². The van der Waals surface area contributed by atoms with Crippen molar-refractivity contribution in [2.75, 3.05) is 0 Å². The van der Waals surface area contributed by atoms with Gasteiger partial charge >= 0.3 is 0 Å². The summed E-state index contributed by atoms with van der Waals surface area (Å²) in [6.45, 7) is 2.08. The summed E-state index contributed by atoms with van der Waals surface area (Å²) in [4.78, 5) is 0. The third kappa shape index (κ3) is 4.18. The summed E-state index contributed by atoms with van der Waals surface area (Å²) in [7, 11) is 1.83. The van der Waals surface area contributed by atoms with Crippen LogP contribution in [0.2, 0.25) is 0 Å². The van der Waals surface area contributed by atoms with E-state index in [0.29, 0.717) is 5.67 Å². The molecule has 0 heterocycles. The van der Waals surface area contributed by atoms with E-state index < -0.39 is 0 Å². The fourth-order valence-corrected chi connectivity index (χ4v) is 0. The van der Waals surface area contributed by atoms with Gasteiger partial charge < -0.3 is 5.73 Å². The molecule has 0 aliphatic rings. The van der Waals surface area contributed by atoms with Gasteiger partial charge in [-0.15, -0.1) is 0 Å². The van der Waals surface area contributed by atoms with Crippen LogP contribution in [0.5, 0.6) is 0 Å². The van der Waals surface area contributed by atoms with Crippen molar-refractivity contribution in [2.24, 2.45) is 5.73 Å². The van der Waals surface area contributed by atoms with Crippen LogP contribution in [-0.2, 0) is 0 Å². The second-order valence-corrected chi connectivity index (χ2v) is 2.22. The lowest BCUT2D eigenvalue weighted by Gasteiger charge is -1.91. The Labute approximate surface area is 36.0 Å². The second-order valence-electron chi connectivity index (χ2n) is 1.17. The Morgan fingerprint density at radius 2 is 2.20 bits per heavy atom. The molecule has 2 heteroatoms. The highest BCUT2D eigenvalue weighted by Gasteiger charge is 1.80. The van der Waals surface area contributed by atoms with Crippen LogP contribution in [0.1, 0.15) is 13.3 Å². The van der Waals surface area contributed by atoms with E-state index in [9.17, 15) is 0 Å². The molecule has 31 valence electrons. The average Bonchev–Trinajstić information content (AvgIpc) is 1.38. The average molecular weight is 88.2 g/mol. The Morgan fingerprint density at radius 1 is 2.00 bits per heavy atom. The molecule has 0 aromatic rings. The molecule has 5 heavy (non-hydrogen) atoms. The Kier molecular flexibility index (Phi) is 2.50. The molecule has 1 atom stereocenters. The highest BCUT2D eigenvalue weighted by Crippen LogP contribution is 1.71. The van der Waals surface area contributed by atoms with Crippen LogP contribution < -0.4 is 5.73 Å². The van der Waals surface area contributed by atoms with Gasteiger partial charge in [-0.25, -0.2) is 0 Å². The number of nitrogens with two attached hydrogens (primary N) is 1. The quantitative estimate of drug-likeness (QED) is 0.422. The van der Waals surface area contributed by atoms with Gasteiger partial charge in [-0.05, 0) is 12.1 Å². The summed E-state index contributed by atoms with van der Waals surface area (Å²) in [5.41, 5.74) is 5.72. The number of hydrogen-bond donors (Lipinski definition) is 1. The van der Waals surface area contributed by atoms with E-state index in [1.54, 1.807) is 0 Å². The lowest BCUT2D eigenvalue weighted by atomic mass is 10.5. The molecule has 0 spiro atoms. The molecule has 2 N–H and O–H groups in total. The molecule has 0 saturated heterocycles. The van der Waals surface area contributed by atoms with Gasteiger partial charge in [-0.1, -0.05) is 6.92 Å². The minimum Gasteiger partial charge on any atom is -0.331 e. The molecule has 0 saturated carbocycles. The van der Waals surface area contributed by atoms with E-state index in [1.807, 2.05) is 10.2 Å². The van der Waals surface area contributed by atoms with Crippen molar-refractivity contribution < 1.29 is 0 Å². The van der Waals surface area contributed by atoms with Crippen LogP contribution in [0.4, 0.5) is 0 Å². The monoisotopic (exact) mass is 88.1 g/mol. The minimum atomic E-state index is 0.412. The summed E-state index contributed by atoms with van der Waals surface area (Å²) >= 11 is 0. The number of hydrogen-bond acceptors (Lipinski definition) is 1. The first-order valence-corrected chi connectivity index (χ1v) is 2.67. The molecule has 0 aromatic heterocycles. The zero-order chi connectivity index (χ0) is 4.28. The second kappa shape index (κ2) is 2.42. The lowest BCUT2D eigenvalue weighted by Crippen LogP contribution is -2.17. The van der Waals surface area contributed by atoms with Gasteiger partial charge in [0.25, 0.3) is 0 Å². The summed E-state index contributed by atoms with van der Waals surface area (Å²) < 4.78 is 0. The van der Waals surface area contributed by atoms with Crippen LogP contribution in [0.3, 0.4) is 0 Å². The molecule has 0 bridgehead atoms. The predicted molar refractivity (Wildman–Crippen MR) is 26.8 cm³/mol. The standard InChI is InChI=1S/C3H10NSi/c1-2-3(4)5/h3H,2,4-5H2,1H3. The molecule has 0 aromatic carbocycles. The SMILES string of the molecule is CCC(N)[SiH2]. The van der Waals surface area contributed by atoms with E-state index in [-0.39, 0.29) is 0 Å². The van der Waals surface area contributed by atoms with Gasteiger partial charge in [-0.3, -0.25) is 0 Å². The van der Waals surface area contributed by atoms with E-state index >= 15 is 0 Å². The summed E-state index contributed by atoms with van der Waals surface area (Å²) in [6, 6.07) is 0. The van der Waals surface area contributed by atoms with Gasteiger partial charge in [0, 0.05) is 10.2 Å². The smallest absolute Gasteiger partial charge is 0.0303 e. The van der Waals surface area contributed by atoms with Crippen LogP contribution in [0.25, 0.3) is 0 Å². The van der Waals surface area contributed by atoms with Gasteiger partial charge in [0.05, 0.1) is 0 Å². The molecule has 1 nitrogen and oxygen atoms in total.